The zero-order chi connectivity index (χ0) is 21.3. The lowest BCUT2D eigenvalue weighted by Crippen LogP contribution is -2.23. The molecule has 0 bridgehead atoms. The van der Waals surface area contributed by atoms with Gasteiger partial charge in [-0.15, -0.1) is 11.8 Å². The third-order valence-electron chi connectivity index (χ3n) is 2.94. The summed E-state index contributed by atoms with van der Waals surface area (Å²) >= 11 is 1.78. The van der Waals surface area contributed by atoms with Gasteiger partial charge in [0.15, 0.2) is 11.9 Å². The molecule has 0 amide bonds. The van der Waals surface area contributed by atoms with Gasteiger partial charge in [0.2, 0.25) is 0 Å². The highest BCUT2D eigenvalue weighted by molar-refractivity contribution is 8.13. The molecule has 10 nitrogen and oxygen atoms in total. The van der Waals surface area contributed by atoms with Gasteiger partial charge in [0.1, 0.15) is 0 Å². The Hall–Kier alpha value is -1.56. The fourth-order valence-corrected chi connectivity index (χ4v) is 2.41. The molecule has 3 aliphatic rings. The second-order valence-electron chi connectivity index (χ2n) is 4.43. The second-order valence-corrected chi connectivity index (χ2v) is 5.31. The van der Waals surface area contributed by atoms with Gasteiger partial charge in [-0.25, -0.2) is 0 Å². The molecule has 0 atom stereocenters. The van der Waals surface area contributed by atoms with Crippen LogP contribution in [0.3, 0.4) is 0 Å². The highest BCUT2D eigenvalue weighted by Crippen LogP contribution is 2.11. The molecule has 28 heavy (non-hydrogen) atoms. The molecule has 9 N–H and O–H groups in total. The summed E-state index contributed by atoms with van der Waals surface area (Å²) in [7, 11) is 7.53. The Morgan fingerprint density at radius 1 is 0.857 bits per heavy atom. The van der Waals surface area contributed by atoms with Gasteiger partial charge in [0.25, 0.3) is 0 Å². The van der Waals surface area contributed by atoms with Crippen LogP contribution in [-0.4, -0.2) is 96.3 Å². The SMILES string of the molecule is C.CN.CN.CN=C1NCCN1.CN=C1NCCN1.CO.CSC1=NCCC1. The molecule has 0 unspecified atom stereocenters. The molecule has 0 spiro atoms. The van der Waals surface area contributed by atoms with Crippen molar-refractivity contribution in [1.29, 1.82) is 0 Å². The molecule has 3 aliphatic heterocycles. The van der Waals surface area contributed by atoms with E-state index in [1.54, 1.807) is 25.9 Å². The summed E-state index contributed by atoms with van der Waals surface area (Å²) in [6.07, 6.45) is 4.58. The number of thioether (sulfide) groups is 1. The smallest absolute Gasteiger partial charge is 0.191 e. The maximum absolute atomic E-state index is 7.00. The number of guanidine groups is 2. The first-order chi connectivity index (χ1) is 13.3. The zero-order valence-electron chi connectivity index (χ0n) is 17.8. The second kappa shape index (κ2) is 30.2. The van der Waals surface area contributed by atoms with Crippen LogP contribution in [0.25, 0.3) is 0 Å². The first-order valence-electron chi connectivity index (χ1n) is 8.86. The van der Waals surface area contributed by atoms with Crippen molar-refractivity contribution in [3.63, 3.8) is 0 Å². The fourth-order valence-electron chi connectivity index (χ4n) is 1.84. The largest absolute Gasteiger partial charge is 0.400 e. The van der Waals surface area contributed by atoms with Crippen molar-refractivity contribution in [3.05, 3.63) is 0 Å². The highest BCUT2D eigenvalue weighted by atomic mass is 32.2. The van der Waals surface area contributed by atoms with E-state index in [2.05, 4.69) is 54.0 Å². The molecule has 170 valence electrons. The molecule has 0 aromatic rings. The van der Waals surface area contributed by atoms with Crippen LogP contribution >= 0.6 is 11.8 Å². The number of aliphatic hydroxyl groups excluding tert-OH is 1. The molecule has 0 aromatic heterocycles. The monoisotopic (exact) mass is 423 g/mol. The van der Waals surface area contributed by atoms with E-state index in [1.165, 1.54) is 32.0 Å². The minimum absolute atomic E-state index is 0. The molecule has 0 aromatic carbocycles. The number of hydrogen-bond acceptors (Lipinski definition) is 7. The first-order valence-corrected chi connectivity index (χ1v) is 10.1. The maximum atomic E-state index is 7.00. The summed E-state index contributed by atoms with van der Waals surface area (Å²) in [5.41, 5.74) is 9.00. The molecule has 3 heterocycles. The minimum Gasteiger partial charge on any atom is -0.400 e. The average Bonchev–Trinajstić information content (AvgIpc) is 3.56. The predicted molar refractivity (Wildman–Crippen MR) is 129 cm³/mol. The van der Waals surface area contributed by atoms with E-state index in [1.807, 2.05) is 0 Å². The first kappa shape index (κ1) is 34.0. The van der Waals surface area contributed by atoms with Crippen molar-refractivity contribution in [3.8, 4) is 0 Å². The third-order valence-corrected chi connectivity index (χ3v) is 3.74. The Bertz CT molecular complexity index is 351. The topological polar surface area (TPSA) is 157 Å². The predicted octanol–water partition coefficient (Wildman–Crippen LogP) is -0.734. The molecule has 2 fully saturated rings. The van der Waals surface area contributed by atoms with Crippen LogP contribution in [0.2, 0.25) is 0 Å². The van der Waals surface area contributed by atoms with E-state index in [-0.39, 0.29) is 7.43 Å². The Balaban J connectivity index is -0.000000134. The van der Waals surface area contributed by atoms with E-state index in [9.17, 15) is 0 Å². The van der Waals surface area contributed by atoms with Gasteiger partial charge in [-0.05, 0) is 33.2 Å². The molecule has 3 rings (SSSR count). The van der Waals surface area contributed by atoms with Gasteiger partial charge >= 0.3 is 0 Å². The third kappa shape index (κ3) is 20.7. The molecule has 11 heteroatoms. The van der Waals surface area contributed by atoms with Crippen molar-refractivity contribution >= 4 is 28.7 Å². The standard InChI is InChI=1S/C5H9NS.2C4H9N3.2CH5N.CH4O.CH4/c1-7-5-3-2-4-6-5;2*1-5-4-6-2-3-7-4;3*1-2;/h2-4H2,1H3;2*2-3H2,1H3,(H2,5,6,7);2*2H2,1H3;2H,1H3;1H4. The molecule has 0 aliphatic carbocycles. The Kier molecular flexibility index (Phi) is 36.6. The lowest BCUT2D eigenvalue weighted by Gasteiger charge is -1.90. The van der Waals surface area contributed by atoms with Crippen molar-refractivity contribution in [2.45, 2.75) is 20.3 Å². The van der Waals surface area contributed by atoms with Gasteiger partial charge < -0.3 is 37.8 Å². The van der Waals surface area contributed by atoms with Gasteiger partial charge in [-0.2, -0.15) is 0 Å². The Labute approximate surface area is 176 Å². The number of aliphatic imine (C=N–C) groups is 3. The van der Waals surface area contributed by atoms with Crippen LogP contribution < -0.4 is 32.7 Å². The van der Waals surface area contributed by atoms with Crippen LogP contribution in [0.4, 0.5) is 0 Å². The van der Waals surface area contributed by atoms with E-state index in [0.717, 1.165) is 51.8 Å². The number of nitrogens with one attached hydrogen (secondary N) is 4. The number of nitrogens with zero attached hydrogens (tertiary/aromatic N) is 3. The van der Waals surface area contributed by atoms with Gasteiger partial charge in [-0.1, -0.05) is 7.43 Å². The zero-order valence-corrected chi connectivity index (χ0v) is 18.6. The van der Waals surface area contributed by atoms with E-state index in [0.29, 0.717) is 0 Å². The summed E-state index contributed by atoms with van der Waals surface area (Å²) in [6, 6.07) is 0. The van der Waals surface area contributed by atoms with Gasteiger partial charge in [0, 0.05) is 53.9 Å². The van der Waals surface area contributed by atoms with E-state index in [4.69, 9.17) is 5.11 Å². The minimum atomic E-state index is 0. The van der Waals surface area contributed by atoms with Crippen molar-refractivity contribution in [2.24, 2.45) is 26.4 Å². The normalized spacial score (nSPS) is 14.7. The van der Waals surface area contributed by atoms with Crippen LogP contribution in [0.15, 0.2) is 15.0 Å². The van der Waals surface area contributed by atoms with Gasteiger partial charge in [0.05, 0.1) is 5.04 Å². The summed E-state index contributed by atoms with van der Waals surface area (Å²) in [5.74, 6) is 1.83. The number of nitrogens with two attached hydrogens (primary N) is 2. The van der Waals surface area contributed by atoms with Crippen molar-refractivity contribution in [2.75, 3.05) is 74.3 Å². The molecular formula is C17H45N9OS. The van der Waals surface area contributed by atoms with Crippen LogP contribution in [-0.2, 0) is 0 Å². The van der Waals surface area contributed by atoms with Crippen molar-refractivity contribution < 1.29 is 5.11 Å². The Morgan fingerprint density at radius 2 is 1.21 bits per heavy atom. The highest BCUT2D eigenvalue weighted by Gasteiger charge is 2.02. The van der Waals surface area contributed by atoms with Gasteiger partial charge in [-0.3, -0.25) is 15.0 Å². The number of aliphatic hydroxyl groups is 1. The quantitative estimate of drug-likeness (QED) is 0.269. The summed E-state index contributed by atoms with van der Waals surface area (Å²) in [5, 5.41) is 20.5. The number of hydrogen-bond donors (Lipinski definition) is 7. The molecule has 2 saturated heterocycles. The lowest BCUT2D eigenvalue weighted by atomic mass is 10.4. The van der Waals surface area contributed by atoms with Crippen LogP contribution in [0, 0.1) is 0 Å². The summed E-state index contributed by atoms with van der Waals surface area (Å²) in [4.78, 5) is 12.0. The number of rotatable bonds is 0. The average molecular weight is 424 g/mol. The van der Waals surface area contributed by atoms with Crippen LogP contribution in [0.5, 0.6) is 0 Å². The molecule has 0 radical (unpaired) electrons. The van der Waals surface area contributed by atoms with E-state index >= 15 is 0 Å². The summed E-state index contributed by atoms with van der Waals surface area (Å²) in [6.45, 7) is 5.09. The summed E-state index contributed by atoms with van der Waals surface area (Å²) < 4.78 is 0. The molecule has 0 saturated carbocycles. The molecular weight excluding hydrogens is 378 g/mol. The van der Waals surface area contributed by atoms with Crippen LogP contribution in [0.1, 0.15) is 20.3 Å². The fraction of sp³-hybridized carbons (Fsp3) is 0.824. The van der Waals surface area contributed by atoms with Crippen molar-refractivity contribution in [1.82, 2.24) is 21.3 Å². The maximum Gasteiger partial charge on any atom is 0.191 e. The lowest BCUT2D eigenvalue weighted by molar-refractivity contribution is 0.399. The Morgan fingerprint density at radius 3 is 1.36 bits per heavy atom. The van der Waals surface area contributed by atoms with E-state index < -0.39 is 0 Å².